The highest BCUT2D eigenvalue weighted by Gasteiger charge is 2.33. The molecular weight excluding hydrogens is 457 g/mol. The molecule has 8 nitrogen and oxygen atoms in total. The number of carboxylic acids is 1. The third-order valence-corrected chi connectivity index (χ3v) is 5.85. The maximum Gasteiger partial charge on any atom is 0.305 e. The van der Waals surface area contributed by atoms with Crippen LogP contribution in [-0.2, 0) is 9.59 Å². The molecule has 1 aromatic carbocycles. The topological polar surface area (TPSA) is 101 Å². The zero-order chi connectivity index (χ0) is 22.8. The van der Waals surface area contributed by atoms with Gasteiger partial charge in [0.05, 0.1) is 11.3 Å². The number of fused-ring (bicyclic) bond motifs is 1. The number of pyridine rings is 1. The van der Waals surface area contributed by atoms with Crippen molar-refractivity contribution in [3.63, 3.8) is 0 Å². The molecule has 3 aromatic rings. The number of benzene rings is 1. The number of aliphatic carboxylic acids is 1. The molecule has 1 N–H and O–H groups in total. The lowest BCUT2D eigenvalue weighted by Gasteiger charge is -2.12. The number of para-hydroxylation sites is 1. The van der Waals surface area contributed by atoms with Crippen LogP contribution >= 0.6 is 24.0 Å². The SMILES string of the molecule is O=C(O)CCN1C(=O)C(=Cc2c(Oc3ccccc3F)nc3ccccn3c2=O)SC1=S. The largest absolute Gasteiger partial charge is 0.481 e. The van der Waals surface area contributed by atoms with Gasteiger partial charge in [-0.15, -0.1) is 0 Å². The second-order valence-electron chi connectivity index (χ2n) is 6.57. The van der Waals surface area contributed by atoms with Crippen LogP contribution in [0, 0.1) is 5.82 Å². The normalized spacial score (nSPS) is 15.0. The summed E-state index contributed by atoms with van der Waals surface area (Å²) in [5, 5.41) is 8.88. The summed E-state index contributed by atoms with van der Waals surface area (Å²) < 4.78 is 21.2. The van der Waals surface area contributed by atoms with Gasteiger partial charge in [-0.2, -0.15) is 4.98 Å². The number of thioether (sulfide) groups is 1. The minimum absolute atomic E-state index is 0.0734. The zero-order valence-electron chi connectivity index (χ0n) is 16.2. The minimum atomic E-state index is -1.07. The summed E-state index contributed by atoms with van der Waals surface area (Å²) in [6.45, 7) is -0.0924. The van der Waals surface area contributed by atoms with Gasteiger partial charge in [0, 0.05) is 12.7 Å². The van der Waals surface area contributed by atoms with Gasteiger partial charge in [0.1, 0.15) is 15.5 Å². The molecule has 1 saturated heterocycles. The summed E-state index contributed by atoms with van der Waals surface area (Å²) >= 11 is 6.11. The van der Waals surface area contributed by atoms with Gasteiger partial charge in [0.15, 0.2) is 11.6 Å². The van der Waals surface area contributed by atoms with Crippen LogP contribution in [0.25, 0.3) is 11.7 Å². The molecule has 4 rings (SSSR count). The Hall–Kier alpha value is -3.57. The number of rotatable bonds is 6. The van der Waals surface area contributed by atoms with Gasteiger partial charge in [-0.05, 0) is 30.3 Å². The smallest absolute Gasteiger partial charge is 0.305 e. The second-order valence-corrected chi connectivity index (χ2v) is 8.25. The van der Waals surface area contributed by atoms with Crippen LogP contribution in [0.5, 0.6) is 11.6 Å². The van der Waals surface area contributed by atoms with Gasteiger partial charge in [-0.25, -0.2) is 4.39 Å². The maximum atomic E-state index is 14.2. The van der Waals surface area contributed by atoms with Gasteiger partial charge >= 0.3 is 5.97 Å². The van der Waals surface area contributed by atoms with Gasteiger partial charge in [0.25, 0.3) is 11.5 Å². The van der Waals surface area contributed by atoms with Crippen molar-refractivity contribution in [2.75, 3.05) is 6.54 Å². The first-order valence-electron chi connectivity index (χ1n) is 9.26. The molecule has 32 heavy (non-hydrogen) atoms. The molecule has 1 amide bonds. The van der Waals surface area contributed by atoms with Crippen LogP contribution < -0.4 is 10.3 Å². The van der Waals surface area contributed by atoms with Crippen molar-refractivity contribution < 1.29 is 23.8 Å². The van der Waals surface area contributed by atoms with E-state index >= 15 is 0 Å². The Morgan fingerprint density at radius 3 is 2.72 bits per heavy atom. The van der Waals surface area contributed by atoms with Crippen molar-refractivity contribution >= 4 is 51.9 Å². The van der Waals surface area contributed by atoms with Crippen LogP contribution in [-0.4, -0.2) is 42.1 Å². The van der Waals surface area contributed by atoms with E-state index in [9.17, 15) is 18.8 Å². The maximum absolute atomic E-state index is 14.2. The highest BCUT2D eigenvalue weighted by atomic mass is 32.2. The molecule has 0 unspecified atom stereocenters. The number of hydrogen-bond donors (Lipinski definition) is 1. The molecule has 2 aromatic heterocycles. The first-order valence-corrected chi connectivity index (χ1v) is 10.5. The lowest BCUT2D eigenvalue weighted by molar-refractivity contribution is -0.137. The van der Waals surface area contributed by atoms with Gasteiger partial charge in [0.2, 0.25) is 5.88 Å². The van der Waals surface area contributed by atoms with E-state index in [4.69, 9.17) is 22.1 Å². The number of hydrogen-bond acceptors (Lipinski definition) is 7. The highest BCUT2D eigenvalue weighted by molar-refractivity contribution is 8.26. The van der Waals surface area contributed by atoms with E-state index in [-0.39, 0.29) is 45.0 Å². The van der Waals surface area contributed by atoms with Crippen LogP contribution in [0.3, 0.4) is 0 Å². The number of carbonyl (C=O) groups excluding carboxylic acids is 1. The fourth-order valence-electron chi connectivity index (χ4n) is 2.95. The fraction of sp³-hybridized carbons (Fsp3) is 0.0952. The number of carboxylic acid groups (broad SMARTS) is 1. The molecule has 0 bridgehead atoms. The minimum Gasteiger partial charge on any atom is -0.481 e. The molecule has 0 atom stereocenters. The van der Waals surface area contributed by atoms with Crippen LogP contribution in [0.1, 0.15) is 12.0 Å². The van der Waals surface area contributed by atoms with Crippen molar-refractivity contribution in [2.45, 2.75) is 6.42 Å². The summed E-state index contributed by atoms with van der Waals surface area (Å²) in [6.07, 6.45) is 2.51. The molecule has 1 aliphatic rings. The first kappa shape index (κ1) is 21.7. The highest BCUT2D eigenvalue weighted by Crippen LogP contribution is 2.34. The zero-order valence-corrected chi connectivity index (χ0v) is 17.9. The van der Waals surface area contributed by atoms with Crippen LogP contribution in [0.2, 0.25) is 0 Å². The Morgan fingerprint density at radius 1 is 1.22 bits per heavy atom. The number of halogens is 1. The monoisotopic (exact) mass is 471 g/mol. The second kappa shape index (κ2) is 8.89. The quantitative estimate of drug-likeness (QED) is 0.432. The molecule has 0 spiro atoms. The van der Waals surface area contributed by atoms with Gasteiger partial charge in [-0.1, -0.05) is 42.2 Å². The predicted octanol–water partition coefficient (Wildman–Crippen LogP) is 3.30. The van der Waals surface area contributed by atoms with E-state index in [2.05, 4.69) is 4.98 Å². The van der Waals surface area contributed by atoms with Gasteiger partial charge in [-0.3, -0.25) is 23.7 Å². The summed E-state index contributed by atoms with van der Waals surface area (Å²) in [7, 11) is 0. The van der Waals surface area contributed by atoms with Gasteiger partial charge < -0.3 is 9.84 Å². The van der Waals surface area contributed by atoms with E-state index in [1.165, 1.54) is 34.9 Å². The van der Waals surface area contributed by atoms with Crippen molar-refractivity contribution in [3.05, 3.63) is 75.3 Å². The Kier molecular flexibility index (Phi) is 6.01. The van der Waals surface area contributed by atoms with Crippen LogP contribution in [0.4, 0.5) is 4.39 Å². The standard InChI is InChI=1S/C21H14FN3O5S2/c22-13-5-1-2-6-14(13)30-18-12(19(28)24-9-4-3-7-16(24)23-18)11-15-20(29)25(21(31)32-15)10-8-17(26)27/h1-7,9,11H,8,10H2,(H,26,27). The Morgan fingerprint density at radius 2 is 1.97 bits per heavy atom. The summed E-state index contributed by atoms with van der Waals surface area (Å²) in [4.78, 5) is 42.4. The number of carbonyl (C=O) groups is 2. The number of amides is 1. The third-order valence-electron chi connectivity index (χ3n) is 4.48. The van der Waals surface area contributed by atoms with E-state index in [1.807, 2.05) is 0 Å². The molecule has 1 aliphatic heterocycles. The Bertz CT molecular complexity index is 1350. The molecule has 0 aliphatic carbocycles. The third kappa shape index (κ3) is 4.25. The molecular formula is C21H14FN3O5S2. The van der Waals surface area contributed by atoms with Crippen molar-refractivity contribution in [1.29, 1.82) is 0 Å². The Labute approximate surface area is 189 Å². The van der Waals surface area contributed by atoms with E-state index in [0.29, 0.717) is 0 Å². The lowest BCUT2D eigenvalue weighted by Crippen LogP contribution is -2.30. The number of thiocarbonyl (C=S) groups is 1. The summed E-state index contributed by atoms with van der Waals surface area (Å²) in [6, 6.07) is 10.6. The number of nitrogens with zero attached hydrogens (tertiary/aromatic N) is 3. The predicted molar refractivity (Wildman–Crippen MR) is 120 cm³/mol. The van der Waals surface area contributed by atoms with Crippen molar-refractivity contribution in [3.8, 4) is 11.6 Å². The summed E-state index contributed by atoms with van der Waals surface area (Å²) in [5.41, 5.74) is -0.330. The molecule has 162 valence electrons. The molecule has 0 radical (unpaired) electrons. The molecule has 11 heteroatoms. The summed E-state index contributed by atoms with van der Waals surface area (Å²) in [5.74, 6) is -2.56. The number of aromatic nitrogens is 2. The van der Waals surface area contributed by atoms with Crippen molar-refractivity contribution in [1.82, 2.24) is 14.3 Å². The first-order chi connectivity index (χ1) is 15.3. The molecule has 0 saturated carbocycles. The van der Waals surface area contributed by atoms with E-state index < -0.39 is 23.3 Å². The Balaban J connectivity index is 1.81. The van der Waals surface area contributed by atoms with E-state index in [0.717, 1.165) is 16.7 Å². The molecule has 3 heterocycles. The lowest BCUT2D eigenvalue weighted by atomic mass is 10.2. The average Bonchev–Trinajstić information content (AvgIpc) is 3.03. The van der Waals surface area contributed by atoms with E-state index in [1.54, 1.807) is 24.3 Å². The molecule has 1 fully saturated rings. The fourth-order valence-corrected chi connectivity index (χ4v) is 4.24. The van der Waals surface area contributed by atoms with Crippen molar-refractivity contribution in [2.24, 2.45) is 0 Å². The average molecular weight is 471 g/mol. The number of ether oxygens (including phenoxy) is 1. The van der Waals surface area contributed by atoms with Crippen LogP contribution in [0.15, 0.2) is 58.4 Å².